The Morgan fingerprint density at radius 3 is 2.39 bits per heavy atom. The van der Waals surface area contributed by atoms with Crippen molar-refractivity contribution in [3.05, 3.63) is 29.3 Å². The van der Waals surface area contributed by atoms with E-state index in [0.29, 0.717) is 6.04 Å². The van der Waals surface area contributed by atoms with E-state index in [4.69, 9.17) is 0 Å². The van der Waals surface area contributed by atoms with Crippen molar-refractivity contribution >= 4 is 5.69 Å². The van der Waals surface area contributed by atoms with Gasteiger partial charge in [0.1, 0.15) is 0 Å². The van der Waals surface area contributed by atoms with Gasteiger partial charge in [0.2, 0.25) is 0 Å². The molecule has 2 rings (SSSR count). The first-order chi connectivity index (χ1) is 8.69. The predicted octanol–water partition coefficient (Wildman–Crippen LogP) is 4.19. The minimum absolute atomic E-state index is 0.160. The largest absolute Gasteiger partial charge is 0.381 e. The lowest BCUT2D eigenvalue weighted by molar-refractivity contribution is 0.514. The summed E-state index contributed by atoms with van der Waals surface area (Å²) in [5.74, 6) is 0.160. The third-order valence-electron chi connectivity index (χ3n) is 3.76. The van der Waals surface area contributed by atoms with Crippen molar-refractivity contribution in [2.75, 3.05) is 5.32 Å². The molecule has 0 radical (unpaired) electrons. The lowest BCUT2D eigenvalue weighted by atomic mass is 9.96. The number of nitriles is 1. The molecule has 1 aromatic carbocycles. The maximum atomic E-state index is 9.28. The molecule has 0 amide bonds. The Kier molecular flexibility index (Phi) is 4.25. The van der Waals surface area contributed by atoms with Gasteiger partial charge in [0, 0.05) is 11.7 Å². The average molecular weight is 242 g/mol. The fourth-order valence-corrected chi connectivity index (χ4v) is 2.91. The molecule has 0 heterocycles. The van der Waals surface area contributed by atoms with Gasteiger partial charge in [-0.2, -0.15) is 5.26 Å². The molecule has 1 aliphatic rings. The Morgan fingerprint density at radius 2 is 1.72 bits per heavy atom. The molecule has 96 valence electrons. The van der Waals surface area contributed by atoms with E-state index in [1.807, 2.05) is 0 Å². The first-order valence-electron chi connectivity index (χ1n) is 6.93. The number of anilines is 1. The monoisotopic (exact) mass is 242 g/mol. The Morgan fingerprint density at radius 1 is 1.06 bits per heavy atom. The van der Waals surface area contributed by atoms with Gasteiger partial charge in [-0.3, -0.25) is 0 Å². The van der Waals surface area contributed by atoms with E-state index in [1.165, 1.54) is 36.1 Å². The van der Waals surface area contributed by atoms with E-state index < -0.39 is 0 Å². The quantitative estimate of drug-likeness (QED) is 0.789. The van der Waals surface area contributed by atoms with Crippen LogP contribution in [0.15, 0.2) is 18.2 Å². The van der Waals surface area contributed by atoms with Crippen LogP contribution in [0, 0.1) is 31.1 Å². The zero-order chi connectivity index (χ0) is 13.0. The van der Waals surface area contributed by atoms with Crippen molar-refractivity contribution in [2.24, 2.45) is 5.92 Å². The van der Waals surface area contributed by atoms with Crippen LogP contribution in [0.4, 0.5) is 5.69 Å². The molecule has 0 aromatic heterocycles. The Hall–Kier alpha value is -1.49. The van der Waals surface area contributed by atoms with Gasteiger partial charge < -0.3 is 5.32 Å². The molecule has 1 aliphatic carbocycles. The Bertz CT molecular complexity index is 425. The van der Waals surface area contributed by atoms with Gasteiger partial charge in [0.05, 0.1) is 12.0 Å². The maximum Gasteiger partial charge on any atom is 0.0677 e. The SMILES string of the molecule is Cc1cc(C)cc(NC2CCCCCC2C#N)c1. The van der Waals surface area contributed by atoms with Crippen molar-refractivity contribution in [3.8, 4) is 6.07 Å². The summed E-state index contributed by atoms with van der Waals surface area (Å²) < 4.78 is 0. The molecule has 1 fully saturated rings. The van der Waals surface area contributed by atoms with Crippen LogP contribution in [0.3, 0.4) is 0 Å². The second kappa shape index (κ2) is 5.91. The van der Waals surface area contributed by atoms with Gasteiger partial charge in [0.25, 0.3) is 0 Å². The number of rotatable bonds is 2. The smallest absolute Gasteiger partial charge is 0.0677 e. The van der Waals surface area contributed by atoms with E-state index in [-0.39, 0.29) is 5.92 Å². The standard InChI is InChI=1S/C16H22N2/c1-12-8-13(2)10-15(9-12)18-16-7-5-3-4-6-14(16)11-17/h8-10,14,16,18H,3-7H2,1-2H3. The van der Waals surface area contributed by atoms with Crippen LogP contribution < -0.4 is 5.32 Å². The van der Waals surface area contributed by atoms with Crippen LogP contribution in [0.1, 0.15) is 43.2 Å². The highest BCUT2D eigenvalue weighted by atomic mass is 14.9. The van der Waals surface area contributed by atoms with Crippen molar-refractivity contribution in [2.45, 2.75) is 52.0 Å². The van der Waals surface area contributed by atoms with E-state index in [9.17, 15) is 5.26 Å². The Balaban J connectivity index is 2.13. The van der Waals surface area contributed by atoms with Crippen LogP contribution in [-0.2, 0) is 0 Å². The number of nitrogens with zero attached hydrogens (tertiary/aromatic N) is 1. The van der Waals surface area contributed by atoms with Crippen molar-refractivity contribution in [3.63, 3.8) is 0 Å². The minimum atomic E-state index is 0.160. The number of hydrogen-bond donors (Lipinski definition) is 1. The van der Waals surface area contributed by atoms with Gasteiger partial charge in [0.15, 0.2) is 0 Å². The molecule has 0 bridgehead atoms. The van der Waals surface area contributed by atoms with E-state index in [0.717, 1.165) is 12.8 Å². The fourth-order valence-electron chi connectivity index (χ4n) is 2.91. The third kappa shape index (κ3) is 3.26. The molecule has 0 spiro atoms. The molecule has 2 atom stereocenters. The molecule has 1 N–H and O–H groups in total. The molecule has 0 aliphatic heterocycles. The molecule has 1 saturated carbocycles. The predicted molar refractivity (Wildman–Crippen MR) is 75.5 cm³/mol. The number of benzene rings is 1. The first-order valence-corrected chi connectivity index (χ1v) is 6.93. The lowest BCUT2D eigenvalue weighted by Crippen LogP contribution is -2.27. The average Bonchev–Trinajstić information content (AvgIpc) is 2.52. The summed E-state index contributed by atoms with van der Waals surface area (Å²) in [5, 5.41) is 12.9. The van der Waals surface area contributed by atoms with Crippen LogP contribution in [0.2, 0.25) is 0 Å². The van der Waals surface area contributed by atoms with E-state index in [1.54, 1.807) is 0 Å². The summed E-state index contributed by atoms with van der Waals surface area (Å²) in [6, 6.07) is 9.33. The van der Waals surface area contributed by atoms with Crippen molar-refractivity contribution in [1.29, 1.82) is 5.26 Å². The zero-order valence-electron chi connectivity index (χ0n) is 11.4. The van der Waals surface area contributed by atoms with Gasteiger partial charge in [-0.05, 0) is 49.9 Å². The summed E-state index contributed by atoms with van der Waals surface area (Å²) in [7, 11) is 0. The van der Waals surface area contributed by atoms with Crippen molar-refractivity contribution in [1.82, 2.24) is 0 Å². The van der Waals surface area contributed by atoms with Gasteiger partial charge in [-0.15, -0.1) is 0 Å². The van der Waals surface area contributed by atoms with Crippen LogP contribution in [0.25, 0.3) is 0 Å². The fraction of sp³-hybridized carbons (Fsp3) is 0.562. The number of nitrogens with one attached hydrogen (secondary N) is 1. The molecule has 18 heavy (non-hydrogen) atoms. The van der Waals surface area contributed by atoms with Gasteiger partial charge in [-0.1, -0.05) is 25.3 Å². The molecule has 2 nitrogen and oxygen atoms in total. The van der Waals surface area contributed by atoms with Crippen LogP contribution >= 0.6 is 0 Å². The molecule has 1 aromatic rings. The van der Waals surface area contributed by atoms with E-state index >= 15 is 0 Å². The highest BCUT2D eigenvalue weighted by Crippen LogP contribution is 2.26. The summed E-state index contributed by atoms with van der Waals surface area (Å²) >= 11 is 0. The van der Waals surface area contributed by atoms with Gasteiger partial charge >= 0.3 is 0 Å². The Labute approximate surface area is 110 Å². The van der Waals surface area contributed by atoms with Crippen molar-refractivity contribution < 1.29 is 0 Å². The second-order valence-electron chi connectivity index (χ2n) is 5.50. The lowest BCUT2D eigenvalue weighted by Gasteiger charge is -2.22. The molecule has 2 heteroatoms. The van der Waals surface area contributed by atoms with E-state index in [2.05, 4.69) is 43.4 Å². The highest BCUT2D eigenvalue weighted by Gasteiger charge is 2.23. The first kappa shape index (κ1) is 13.0. The second-order valence-corrected chi connectivity index (χ2v) is 5.50. The third-order valence-corrected chi connectivity index (χ3v) is 3.76. The summed E-state index contributed by atoms with van der Waals surface area (Å²) in [5.41, 5.74) is 3.72. The summed E-state index contributed by atoms with van der Waals surface area (Å²) in [6.45, 7) is 4.24. The number of hydrogen-bond acceptors (Lipinski definition) is 2. The summed E-state index contributed by atoms with van der Waals surface area (Å²) in [6.07, 6.45) is 5.86. The minimum Gasteiger partial charge on any atom is -0.381 e. The van der Waals surface area contributed by atoms with Crippen LogP contribution in [0.5, 0.6) is 0 Å². The normalized spacial score (nSPS) is 24.1. The molecular weight excluding hydrogens is 220 g/mol. The van der Waals surface area contributed by atoms with Crippen LogP contribution in [-0.4, -0.2) is 6.04 Å². The zero-order valence-corrected chi connectivity index (χ0v) is 11.4. The summed E-state index contributed by atoms with van der Waals surface area (Å²) in [4.78, 5) is 0. The highest BCUT2D eigenvalue weighted by molar-refractivity contribution is 5.49. The number of aryl methyl sites for hydroxylation is 2. The topological polar surface area (TPSA) is 35.8 Å². The molecular formula is C16H22N2. The molecule has 2 unspecified atom stereocenters. The molecule has 0 saturated heterocycles. The van der Waals surface area contributed by atoms with Gasteiger partial charge in [-0.25, -0.2) is 0 Å². The maximum absolute atomic E-state index is 9.28.